The van der Waals surface area contributed by atoms with Crippen molar-refractivity contribution in [2.24, 2.45) is 0 Å². The molecule has 0 aliphatic heterocycles. The topological polar surface area (TPSA) is 182 Å². The summed E-state index contributed by atoms with van der Waals surface area (Å²) in [4.78, 5) is 48.9. The molecule has 1 aliphatic carbocycles. The molecule has 0 aromatic heterocycles. The highest BCUT2D eigenvalue weighted by atomic mass is 16.5. The fraction of sp³-hybridized carbons (Fsp3) is 0.500. The second kappa shape index (κ2) is 19.5. The molecule has 2 aromatic rings. The number of anilines is 2. The summed E-state index contributed by atoms with van der Waals surface area (Å²) in [5.74, 6) is -2.82. The number of fused-ring (bicyclic) bond motifs is 2. The first-order valence-corrected chi connectivity index (χ1v) is 15.2. The molecular formula is C32H43N3O10. The van der Waals surface area contributed by atoms with Crippen molar-refractivity contribution >= 4 is 34.9 Å². The molecule has 1 aliphatic rings. The summed E-state index contributed by atoms with van der Waals surface area (Å²) in [5.41, 5.74) is 2.69. The summed E-state index contributed by atoms with van der Waals surface area (Å²) in [6, 6.07) is 9.32. The van der Waals surface area contributed by atoms with E-state index in [1.54, 1.807) is 24.3 Å². The van der Waals surface area contributed by atoms with Gasteiger partial charge in [0.1, 0.15) is 6.04 Å². The number of carboxylic acid groups (broad SMARTS) is 2. The predicted molar refractivity (Wildman–Crippen MR) is 167 cm³/mol. The van der Waals surface area contributed by atoms with E-state index in [9.17, 15) is 19.2 Å². The Morgan fingerprint density at radius 3 is 1.64 bits per heavy atom. The molecule has 0 bridgehead atoms. The molecule has 0 saturated heterocycles. The van der Waals surface area contributed by atoms with Crippen LogP contribution in [0.25, 0.3) is 0 Å². The first-order valence-electron chi connectivity index (χ1n) is 15.2. The monoisotopic (exact) mass is 629 g/mol. The molecule has 2 aromatic carbocycles. The van der Waals surface area contributed by atoms with Crippen LogP contribution in [0.15, 0.2) is 36.4 Å². The molecule has 1 unspecified atom stereocenters. The van der Waals surface area contributed by atoms with Crippen molar-refractivity contribution in [1.29, 1.82) is 0 Å². The first-order chi connectivity index (χ1) is 21.8. The van der Waals surface area contributed by atoms with Gasteiger partial charge >= 0.3 is 11.9 Å². The van der Waals surface area contributed by atoms with Crippen LogP contribution in [-0.4, -0.2) is 112 Å². The average Bonchev–Trinajstić information content (AvgIpc) is 3.03. The van der Waals surface area contributed by atoms with E-state index < -0.39 is 24.4 Å². The van der Waals surface area contributed by atoms with Crippen LogP contribution < -0.4 is 16.0 Å². The molecule has 5 N–H and O–H groups in total. The molecule has 1 atom stereocenters. The SMILES string of the molecule is CCOCCOCCCNc1ccc(NCCCOCCOCCNC(CC(=O)O)C(=O)O)c2c1C(=O)c1ccccc1C2=O. The van der Waals surface area contributed by atoms with Gasteiger partial charge in [0.15, 0.2) is 11.6 Å². The number of aliphatic carboxylic acids is 2. The summed E-state index contributed by atoms with van der Waals surface area (Å²) in [6.45, 7) is 6.75. The van der Waals surface area contributed by atoms with Crippen LogP contribution >= 0.6 is 0 Å². The van der Waals surface area contributed by atoms with Crippen LogP contribution in [0, 0.1) is 0 Å². The Balaban J connectivity index is 1.45. The lowest BCUT2D eigenvalue weighted by Gasteiger charge is -2.24. The smallest absolute Gasteiger partial charge is 0.321 e. The molecule has 13 heteroatoms. The molecular weight excluding hydrogens is 586 g/mol. The van der Waals surface area contributed by atoms with E-state index in [1.165, 1.54) is 0 Å². The lowest BCUT2D eigenvalue weighted by atomic mass is 9.82. The fourth-order valence-electron chi connectivity index (χ4n) is 4.72. The second-order valence-corrected chi connectivity index (χ2v) is 10.2. The van der Waals surface area contributed by atoms with E-state index in [-0.39, 0.29) is 24.7 Å². The number of nitrogens with one attached hydrogen (secondary N) is 3. The minimum absolute atomic E-state index is 0.196. The van der Waals surface area contributed by atoms with E-state index in [1.807, 2.05) is 19.1 Å². The number of hydrogen-bond donors (Lipinski definition) is 5. The molecule has 45 heavy (non-hydrogen) atoms. The molecule has 13 nitrogen and oxygen atoms in total. The summed E-state index contributed by atoms with van der Waals surface area (Å²) < 4.78 is 21.8. The number of ether oxygens (including phenoxy) is 4. The lowest BCUT2D eigenvalue weighted by molar-refractivity contribution is -0.146. The number of carboxylic acids is 2. The summed E-state index contributed by atoms with van der Waals surface area (Å²) in [7, 11) is 0. The molecule has 3 rings (SSSR count). The summed E-state index contributed by atoms with van der Waals surface area (Å²) in [6.07, 6.45) is 0.841. The van der Waals surface area contributed by atoms with Gasteiger partial charge in [-0.3, -0.25) is 19.2 Å². The predicted octanol–water partition coefficient (Wildman–Crippen LogP) is 2.67. The van der Waals surface area contributed by atoms with Gasteiger partial charge in [0, 0.05) is 62.0 Å². The summed E-state index contributed by atoms with van der Waals surface area (Å²) >= 11 is 0. The zero-order valence-corrected chi connectivity index (χ0v) is 25.6. The maximum atomic E-state index is 13.6. The van der Waals surface area contributed by atoms with Crippen molar-refractivity contribution in [3.63, 3.8) is 0 Å². The van der Waals surface area contributed by atoms with Crippen LogP contribution in [-0.2, 0) is 28.5 Å². The third-order valence-corrected chi connectivity index (χ3v) is 6.90. The fourth-order valence-corrected chi connectivity index (χ4v) is 4.72. The third kappa shape index (κ3) is 11.2. The van der Waals surface area contributed by atoms with Gasteiger partial charge in [-0.15, -0.1) is 0 Å². The van der Waals surface area contributed by atoms with Crippen LogP contribution in [0.3, 0.4) is 0 Å². The zero-order valence-electron chi connectivity index (χ0n) is 25.6. The minimum atomic E-state index is -1.23. The van der Waals surface area contributed by atoms with Crippen molar-refractivity contribution in [2.75, 3.05) is 83.1 Å². The van der Waals surface area contributed by atoms with Crippen LogP contribution in [0.1, 0.15) is 58.0 Å². The highest BCUT2D eigenvalue weighted by Crippen LogP contribution is 2.36. The molecule has 0 radical (unpaired) electrons. The van der Waals surface area contributed by atoms with Crippen molar-refractivity contribution in [3.8, 4) is 0 Å². The highest BCUT2D eigenvalue weighted by Gasteiger charge is 2.33. The molecule has 0 fully saturated rings. The van der Waals surface area contributed by atoms with Gasteiger partial charge in [0.05, 0.1) is 50.6 Å². The van der Waals surface area contributed by atoms with Gasteiger partial charge in [-0.05, 0) is 31.9 Å². The Hall–Kier alpha value is -3.88. The van der Waals surface area contributed by atoms with Gasteiger partial charge < -0.3 is 45.1 Å². The van der Waals surface area contributed by atoms with Gasteiger partial charge in [0.25, 0.3) is 0 Å². The number of benzene rings is 2. The van der Waals surface area contributed by atoms with E-state index >= 15 is 0 Å². The first kappa shape index (κ1) is 35.6. The van der Waals surface area contributed by atoms with Crippen LogP contribution in [0.4, 0.5) is 11.4 Å². The number of carbonyl (C=O) groups is 4. The number of hydrogen-bond acceptors (Lipinski definition) is 11. The molecule has 0 amide bonds. The second-order valence-electron chi connectivity index (χ2n) is 10.2. The van der Waals surface area contributed by atoms with Gasteiger partial charge in [-0.25, -0.2) is 0 Å². The summed E-state index contributed by atoms with van der Waals surface area (Å²) in [5, 5.41) is 27.0. The van der Waals surface area contributed by atoms with E-state index in [0.29, 0.717) is 99.4 Å². The number of carbonyl (C=O) groups excluding carboxylic acids is 2. The van der Waals surface area contributed by atoms with Crippen molar-refractivity contribution in [3.05, 3.63) is 58.7 Å². The number of rotatable bonds is 24. The van der Waals surface area contributed by atoms with Crippen LogP contribution in [0.5, 0.6) is 0 Å². The normalized spacial score (nSPS) is 12.8. The Bertz CT molecular complexity index is 1290. The molecule has 0 heterocycles. The van der Waals surface area contributed by atoms with Crippen molar-refractivity contribution in [2.45, 2.75) is 32.2 Å². The maximum absolute atomic E-state index is 13.6. The lowest BCUT2D eigenvalue weighted by Crippen LogP contribution is -2.40. The van der Waals surface area contributed by atoms with Crippen molar-refractivity contribution in [1.82, 2.24) is 5.32 Å². The highest BCUT2D eigenvalue weighted by molar-refractivity contribution is 6.31. The van der Waals surface area contributed by atoms with E-state index in [4.69, 9.17) is 29.2 Å². The standard InChI is InChI=1S/C32H43N3O10/c1-2-42-17-18-43-14-5-11-33-24-9-10-25(29-28(24)30(38)22-7-3-4-8-23(22)31(29)39)34-12-6-15-44-19-20-45-16-13-35-26(32(40)41)21-27(36)37/h3-4,7-10,26,33-35H,2,5-6,11-21H2,1H3,(H,36,37)(H,40,41). The van der Waals surface area contributed by atoms with Crippen LogP contribution in [0.2, 0.25) is 0 Å². The maximum Gasteiger partial charge on any atom is 0.321 e. The quantitative estimate of drug-likeness (QED) is 0.0913. The molecule has 0 saturated carbocycles. The van der Waals surface area contributed by atoms with E-state index in [2.05, 4.69) is 16.0 Å². The number of ketones is 2. The van der Waals surface area contributed by atoms with Gasteiger partial charge in [-0.1, -0.05) is 24.3 Å². The Labute approximate surface area is 262 Å². The van der Waals surface area contributed by atoms with Gasteiger partial charge in [0.2, 0.25) is 0 Å². The largest absolute Gasteiger partial charge is 0.481 e. The Morgan fingerprint density at radius 2 is 1.18 bits per heavy atom. The molecule has 246 valence electrons. The molecule has 0 spiro atoms. The third-order valence-electron chi connectivity index (χ3n) is 6.90. The van der Waals surface area contributed by atoms with E-state index in [0.717, 1.165) is 6.42 Å². The van der Waals surface area contributed by atoms with Gasteiger partial charge in [-0.2, -0.15) is 0 Å². The zero-order chi connectivity index (χ0) is 32.4. The Morgan fingerprint density at radius 1 is 0.689 bits per heavy atom. The average molecular weight is 630 g/mol. The minimum Gasteiger partial charge on any atom is -0.481 e. The van der Waals surface area contributed by atoms with Crippen molar-refractivity contribution < 1.29 is 48.3 Å². The Kier molecular flexibility index (Phi) is 15.4.